The quantitative estimate of drug-likeness (QED) is 0.761. The second kappa shape index (κ2) is 8.28. The molecule has 0 aliphatic carbocycles. The van der Waals surface area contributed by atoms with E-state index in [1.54, 1.807) is 18.3 Å². The Morgan fingerprint density at radius 1 is 1.12 bits per heavy atom. The number of nitrogens with two attached hydrogens (primary N) is 1. The molecule has 4 N–H and O–H groups in total. The first kappa shape index (κ1) is 17.0. The maximum absolute atomic E-state index is 10.9. The fourth-order valence-electron chi connectivity index (χ4n) is 1.85. The number of aryl methyl sites for hydroxylation is 1. The summed E-state index contributed by atoms with van der Waals surface area (Å²) in [6.07, 6.45) is 3.32. The summed E-state index contributed by atoms with van der Waals surface area (Å²) in [6, 6.07) is 16.2. The van der Waals surface area contributed by atoms with Gasteiger partial charge in [-0.2, -0.15) is 0 Å². The van der Waals surface area contributed by atoms with Crippen LogP contribution in [-0.2, 0) is 0 Å². The SMILES string of the molecule is Cc1ccc(Nc2ncccc2C(=O)[O-])cc1.Nc1cccc[nH+]1. The predicted octanol–water partition coefficient (Wildman–Crippen LogP) is 1.58. The first-order valence-electron chi connectivity index (χ1n) is 7.28. The van der Waals surface area contributed by atoms with Gasteiger partial charge in [0.1, 0.15) is 5.82 Å². The van der Waals surface area contributed by atoms with Crippen molar-refractivity contribution in [1.82, 2.24) is 4.98 Å². The average molecular weight is 322 g/mol. The molecule has 3 rings (SSSR count). The molecule has 0 fully saturated rings. The van der Waals surface area contributed by atoms with Crippen molar-refractivity contribution in [3.05, 3.63) is 78.1 Å². The number of aromatic amines is 1. The Balaban J connectivity index is 0.000000249. The number of carboxylic acids is 1. The molecule has 0 aliphatic rings. The van der Waals surface area contributed by atoms with E-state index in [0.29, 0.717) is 5.82 Å². The van der Waals surface area contributed by atoms with Crippen LogP contribution in [0.25, 0.3) is 0 Å². The monoisotopic (exact) mass is 322 g/mol. The number of nitrogen functional groups attached to an aromatic ring is 1. The molecule has 122 valence electrons. The number of carbonyl (C=O) groups excluding carboxylic acids is 1. The van der Waals surface area contributed by atoms with E-state index >= 15 is 0 Å². The van der Waals surface area contributed by atoms with E-state index in [-0.39, 0.29) is 11.4 Å². The minimum atomic E-state index is -1.24. The van der Waals surface area contributed by atoms with Crippen molar-refractivity contribution in [3.63, 3.8) is 0 Å². The van der Waals surface area contributed by atoms with E-state index in [0.717, 1.165) is 11.3 Å². The number of anilines is 3. The van der Waals surface area contributed by atoms with Crippen molar-refractivity contribution in [2.75, 3.05) is 11.1 Å². The number of nitrogens with one attached hydrogen (secondary N) is 2. The maximum Gasteiger partial charge on any atom is 0.269 e. The Kier molecular flexibility index (Phi) is 5.85. The number of pyridine rings is 2. The summed E-state index contributed by atoms with van der Waals surface area (Å²) >= 11 is 0. The molecule has 2 heterocycles. The van der Waals surface area contributed by atoms with Gasteiger partial charge in [0.15, 0.2) is 0 Å². The van der Waals surface area contributed by atoms with Crippen LogP contribution >= 0.6 is 0 Å². The zero-order chi connectivity index (χ0) is 17.4. The molecule has 0 unspecified atom stereocenters. The summed E-state index contributed by atoms with van der Waals surface area (Å²) < 4.78 is 0. The van der Waals surface area contributed by atoms with Crippen LogP contribution in [0.5, 0.6) is 0 Å². The molecule has 0 saturated carbocycles. The maximum atomic E-state index is 10.9. The van der Waals surface area contributed by atoms with Crippen LogP contribution in [-0.4, -0.2) is 11.0 Å². The summed E-state index contributed by atoms with van der Waals surface area (Å²) in [5, 5.41) is 13.8. The Morgan fingerprint density at radius 3 is 2.42 bits per heavy atom. The number of nitrogens with zero attached hydrogens (tertiary/aromatic N) is 1. The van der Waals surface area contributed by atoms with Crippen LogP contribution in [0.2, 0.25) is 0 Å². The zero-order valence-corrected chi connectivity index (χ0v) is 13.2. The zero-order valence-electron chi connectivity index (χ0n) is 13.2. The third-order valence-corrected chi connectivity index (χ3v) is 3.08. The van der Waals surface area contributed by atoms with Crippen LogP contribution in [0.15, 0.2) is 67.0 Å². The number of carbonyl (C=O) groups is 1. The van der Waals surface area contributed by atoms with Gasteiger partial charge >= 0.3 is 0 Å². The molecule has 0 bridgehead atoms. The third kappa shape index (κ3) is 5.10. The summed E-state index contributed by atoms with van der Waals surface area (Å²) in [5.74, 6) is -0.258. The van der Waals surface area contributed by atoms with Crippen molar-refractivity contribution in [3.8, 4) is 0 Å². The number of hydrogen-bond donors (Lipinski definition) is 2. The highest BCUT2D eigenvalue weighted by atomic mass is 16.4. The number of carboxylic acid groups (broad SMARTS) is 1. The van der Waals surface area contributed by atoms with Gasteiger partial charge in [-0.05, 0) is 37.3 Å². The van der Waals surface area contributed by atoms with E-state index in [1.165, 1.54) is 12.3 Å². The van der Waals surface area contributed by atoms with Gasteiger partial charge in [0.25, 0.3) is 5.82 Å². The van der Waals surface area contributed by atoms with Gasteiger partial charge < -0.3 is 15.2 Å². The minimum absolute atomic E-state index is 0.0491. The third-order valence-electron chi connectivity index (χ3n) is 3.08. The lowest BCUT2D eigenvalue weighted by atomic mass is 10.2. The van der Waals surface area contributed by atoms with Crippen LogP contribution in [0.4, 0.5) is 17.3 Å². The summed E-state index contributed by atoms with van der Waals surface area (Å²) in [5.41, 5.74) is 7.28. The van der Waals surface area contributed by atoms with Gasteiger partial charge in [0.05, 0.1) is 12.2 Å². The Morgan fingerprint density at radius 2 is 1.88 bits per heavy atom. The lowest BCUT2D eigenvalue weighted by molar-refractivity contribution is -0.360. The highest BCUT2D eigenvalue weighted by molar-refractivity contribution is 5.92. The largest absolute Gasteiger partial charge is 0.545 e. The Bertz CT molecular complexity index is 790. The van der Waals surface area contributed by atoms with E-state index < -0.39 is 5.97 Å². The minimum Gasteiger partial charge on any atom is -0.545 e. The molecule has 0 radical (unpaired) electrons. The van der Waals surface area contributed by atoms with Crippen LogP contribution in [0.1, 0.15) is 15.9 Å². The number of benzene rings is 1. The van der Waals surface area contributed by atoms with Crippen molar-refractivity contribution in [2.45, 2.75) is 6.92 Å². The van der Waals surface area contributed by atoms with Crippen molar-refractivity contribution in [1.29, 1.82) is 0 Å². The lowest BCUT2D eigenvalue weighted by Gasteiger charge is -2.11. The van der Waals surface area contributed by atoms with Gasteiger partial charge in [0, 0.05) is 23.5 Å². The van der Waals surface area contributed by atoms with E-state index in [1.807, 2.05) is 43.3 Å². The molecule has 0 atom stereocenters. The van der Waals surface area contributed by atoms with Crippen LogP contribution in [0, 0.1) is 6.92 Å². The number of rotatable bonds is 3. The fraction of sp³-hybridized carbons (Fsp3) is 0.0556. The summed E-state index contributed by atoms with van der Waals surface area (Å²) in [4.78, 5) is 17.7. The van der Waals surface area contributed by atoms with Crippen molar-refractivity contribution >= 4 is 23.3 Å². The molecule has 3 aromatic rings. The first-order valence-corrected chi connectivity index (χ1v) is 7.28. The number of H-pyrrole nitrogens is 1. The number of aromatic nitrogens is 2. The van der Waals surface area contributed by atoms with Gasteiger partial charge in [-0.15, -0.1) is 0 Å². The van der Waals surface area contributed by atoms with Crippen molar-refractivity contribution < 1.29 is 14.9 Å². The second-order valence-corrected chi connectivity index (χ2v) is 5.00. The summed E-state index contributed by atoms with van der Waals surface area (Å²) in [6.45, 7) is 1.98. The smallest absolute Gasteiger partial charge is 0.269 e. The molecular formula is C18H18N4O2. The van der Waals surface area contributed by atoms with Crippen LogP contribution < -0.4 is 21.1 Å². The predicted molar refractivity (Wildman–Crippen MR) is 90.4 cm³/mol. The second-order valence-electron chi connectivity index (χ2n) is 5.00. The van der Waals surface area contributed by atoms with Gasteiger partial charge in [-0.1, -0.05) is 23.8 Å². The number of hydrogen-bond acceptors (Lipinski definition) is 5. The standard InChI is InChI=1S/C13H12N2O2.C5H6N2/c1-9-4-6-10(7-5-9)15-12-11(13(16)17)3-2-8-14-12;6-5-3-1-2-4-7-5/h2-8H,1H3,(H,14,15)(H,16,17);1-4H,(H2,6,7). The molecule has 0 aliphatic heterocycles. The molecular weight excluding hydrogens is 304 g/mol. The van der Waals surface area contributed by atoms with Crippen LogP contribution in [0.3, 0.4) is 0 Å². The molecule has 0 saturated heterocycles. The molecule has 6 nitrogen and oxygen atoms in total. The van der Waals surface area contributed by atoms with Crippen molar-refractivity contribution in [2.24, 2.45) is 0 Å². The molecule has 0 spiro atoms. The van der Waals surface area contributed by atoms with Gasteiger partial charge in [-0.25, -0.2) is 9.97 Å². The lowest BCUT2D eigenvalue weighted by Crippen LogP contribution is -2.23. The Hall–Kier alpha value is -3.41. The van der Waals surface area contributed by atoms with E-state index in [2.05, 4.69) is 15.3 Å². The van der Waals surface area contributed by atoms with E-state index in [4.69, 9.17) is 5.73 Å². The molecule has 6 heteroatoms. The highest BCUT2D eigenvalue weighted by Crippen LogP contribution is 2.18. The highest BCUT2D eigenvalue weighted by Gasteiger charge is 2.04. The molecule has 1 aromatic carbocycles. The average Bonchev–Trinajstić information content (AvgIpc) is 2.58. The fourth-order valence-corrected chi connectivity index (χ4v) is 1.85. The normalized spacial score (nSPS) is 9.54. The molecule has 0 amide bonds. The summed E-state index contributed by atoms with van der Waals surface area (Å²) in [7, 11) is 0. The van der Waals surface area contributed by atoms with Gasteiger partial charge in [-0.3, -0.25) is 5.73 Å². The molecule has 24 heavy (non-hydrogen) atoms. The van der Waals surface area contributed by atoms with E-state index in [9.17, 15) is 9.90 Å². The number of aromatic carboxylic acids is 1. The molecule has 2 aromatic heterocycles. The first-order chi connectivity index (χ1) is 11.6. The topological polar surface area (TPSA) is 105 Å². The Labute approximate surface area is 140 Å². The van der Waals surface area contributed by atoms with Gasteiger partial charge in [0.2, 0.25) is 0 Å².